The summed E-state index contributed by atoms with van der Waals surface area (Å²) >= 11 is 3.49. The van der Waals surface area contributed by atoms with Crippen LogP contribution in [-0.2, 0) is 4.79 Å². The highest BCUT2D eigenvalue weighted by Crippen LogP contribution is 2.27. The summed E-state index contributed by atoms with van der Waals surface area (Å²) in [6, 6.07) is 7.60. The number of carbonyl (C=O) groups is 1. The number of para-hydroxylation sites is 1. The van der Waals surface area contributed by atoms with Gasteiger partial charge >= 0.3 is 0 Å². The fraction of sp³-hybridized carbons (Fsp3) is 0.364. The maximum absolute atomic E-state index is 11.7. The van der Waals surface area contributed by atoms with Crippen LogP contribution in [-0.4, -0.2) is 31.6 Å². The van der Waals surface area contributed by atoms with Crippen molar-refractivity contribution in [3.8, 4) is 0 Å². The highest BCUT2D eigenvalue weighted by atomic mass is 79.9. The Bertz CT molecular complexity index is 397. The van der Waals surface area contributed by atoms with Crippen molar-refractivity contribution in [1.82, 2.24) is 5.32 Å². The summed E-state index contributed by atoms with van der Waals surface area (Å²) in [6.07, 6.45) is 0. The van der Waals surface area contributed by atoms with Crippen LogP contribution in [0.5, 0.6) is 0 Å². The van der Waals surface area contributed by atoms with E-state index in [-0.39, 0.29) is 11.9 Å². The number of piperazine rings is 1. The van der Waals surface area contributed by atoms with Gasteiger partial charge in [-0.25, -0.2) is 0 Å². The monoisotopic (exact) mass is 283 g/mol. The minimum Gasteiger partial charge on any atom is -0.356 e. The second kappa shape index (κ2) is 4.84. The Balaban J connectivity index is 2.31. The highest BCUT2D eigenvalue weighted by Gasteiger charge is 2.29. The number of nitrogens with two attached hydrogens (primary N) is 1. The van der Waals surface area contributed by atoms with E-state index in [0.29, 0.717) is 13.1 Å². The SMILES string of the molecule is NCC1C(=O)NCCN1c1ccccc1Br. The van der Waals surface area contributed by atoms with Crippen LogP contribution in [0.1, 0.15) is 0 Å². The molecule has 3 N–H and O–H groups in total. The van der Waals surface area contributed by atoms with Crippen molar-refractivity contribution < 1.29 is 4.79 Å². The Morgan fingerprint density at radius 1 is 1.50 bits per heavy atom. The fourth-order valence-electron chi connectivity index (χ4n) is 1.92. The fourth-order valence-corrected chi connectivity index (χ4v) is 2.43. The Kier molecular flexibility index (Phi) is 3.46. The molecule has 86 valence electrons. The van der Waals surface area contributed by atoms with E-state index in [1.807, 2.05) is 29.2 Å². The van der Waals surface area contributed by atoms with Crippen molar-refractivity contribution in [2.45, 2.75) is 6.04 Å². The van der Waals surface area contributed by atoms with Gasteiger partial charge in [0.05, 0.1) is 5.69 Å². The van der Waals surface area contributed by atoms with E-state index in [4.69, 9.17) is 5.73 Å². The van der Waals surface area contributed by atoms with Crippen molar-refractivity contribution in [1.29, 1.82) is 0 Å². The maximum Gasteiger partial charge on any atom is 0.244 e. The Morgan fingerprint density at radius 3 is 2.94 bits per heavy atom. The molecule has 0 radical (unpaired) electrons. The number of benzene rings is 1. The topological polar surface area (TPSA) is 58.4 Å². The van der Waals surface area contributed by atoms with Crippen LogP contribution in [0.25, 0.3) is 0 Å². The van der Waals surface area contributed by atoms with Crippen LogP contribution in [0.2, 0.25) is 0 Å². The lowest BCUT2D eigenvalue weighted by atomic mass is 10.1. The van der Waals surface area contributed by atoms with Gasteiger partial charge in [-0.15, -0.1) is 0 Å². The van der Waals surface area contributed by atoms with E-state index < -0.39 is 0 Å². The van der Waals surface area contributed by atoms with E-state index in [2.05, 4.69) is 21.2 Å². The Hall–Kier alpha value is -1.07. The largest absolute Gasteiger partial charge is 0.356 e. The second-order valence-electron chi connectivity index (χ2n) is 3.69. The molecule has 1 fully saturated rings. The molecule has 1 saturated heterocycles. The lowest BCUT2D eigenvalue weighted by molar-refractivity contribution is -0.123. The molecule has 0 saturated carbocycles. The number of nitrogens with zero attached hydrogens (tertiary/aromatic N) is 1. The van der Waals surface area contributed by atoms with Crippen LogP contribution >= 0.6 is 15.9 Å². The molecule has 1 amide bonds. The third-order valence-electron chi connectivity index (χ3n) is 2.72. The molecule has 1 unspecified atom stereocenters. The molecule has 1 atom stereocenters. The van der Waals surface area contributed by atoms with Gasteiger partial charge in [0.1, 0.15) is 6.04 Å². The van der Waals surface area contributed by atoms with Crippen LogP contribution in [0, 0.1) is 0 Å². The van der Waals surface area contributed by atoms with Gasteiger partial charge in [-0.1, -0.05) is 12.1 Å². The Morgan fingerprint density at radius 2 is 2.25 bits per heavy atom. The van der Waals surface area contributed by atoms with Gasteiger partial charge in [0.15, 0.2) is 0 Å². The van der Waals surface area contributed by atoms with Gasteiger partial charge in [-0.2, -0.15) is 0 Å². The van der Waals surface area contributed by atoms with Crippen LogP contribution in [0.3, 0.4) is 0 Å². The third kappa shape index (κ3) is 2.05. The lowest BCUT2D eigenvalue weighted by Gasteiger charge is -2.36. The lowest BCUT2D eigenvalue weighted by Crippen LogP contribution is -2.58. The number of amides is 1. The van der Waals surface area contributed by atoms with E-state index in [1.54, 1.807) is 0 Å². The highest BCUT2D eigenvalue weighted by molar-refractivity contribution is 9.10. The van der Waals surface area contributed by atoms with E-state index in [1.165, 1.54) is 0 Å². The van der Waals surface area contributed by atoms with E-state index in [9.17, 15) is 4.79 Å². The standard InChI is InChI=1S/C11H14BrN3O/c12-8-3-1-2-4-9(8)15-6-5-14-11(16)10(15)7-13/h1-4,10H,5-7,13H2,(H,14,16). The first-order valence-corrected chi connectivity index (χ1v) is 6.02. The summed E-state index contributed by atoms with van der Waals surface area (Å²) in [5, 5.41) is 2.83. The van der Waals surface area contributed by atoms with E-state index in [0.717, 1.165) is 16.7 Å². The average molecular weight is 284 g/mol. The summed E-state index contributed by atoms with van der Waals surface area (Å²) in [7, 11) is 0. The summed E-state index contributed by atoms with van der Waals surface area (Å²) in [5.41, 5.74) is 6.67. The van der Waals surface area contributed by atoms with Gasteiger partial charge in [0.2, 0.25) is 5.91 Å². The first kappa shape index (κ1) is 11.4. The quantitative estimate of drug-likeness (QED) is 0.841. The molecule has 1 aromatic carbocycles. The molecule has 1 aromatic rings. The number of hydrogen-bond donors (Lipinski definition) is 2. The summed E-state index contributed by atoms with van der Waals surface area (Å²) < 4.78 is 0.989. The molecule has 2 rings (SSSR count). The first-order chi connectivity index (χ1) is 7.74. The van der Waals surface area contributed by atoms with Crippen LogP contribution in [0.4, 0.5) is 5.69 Å². The third-order valence-corrected chi connectivity index (χ3v) is 3.39. The number of anilines is 1. The number of halogens is 1. The predicted octanol–water partition coefficient (Wildman–Crippen LogP) is 0.713. The average Bonchev–Trinajstić information content (AvgIpc) is 2.29. The first-order valence-electron chi connectivity index (χ1n) is 5.23. The second-order valence-corrected chi connectivity index (χ2v) is 4.54. The van der Waals surface area contributed by atoms with Gasteiger partial charge in [-0.05, 0) is 28.1 Å². The number of hydrogen-bond acceptors (Lipinski definition) is 3. The van der Waals surface area contributed by atoms with Crippen LogP contribution < -0.4 is 16.0 Å². The molecule has 1 aliphatic rings. The minimum absolute atomic E-state index is 0.00417. The molecule has 0 aliphatic carbocycles. The van der Waals surface area contributed by atoms with Crippen LogP contribution in [0.15, 0.2) is 28.7 Å². The normalized spacial score (nSPS) is 20.8. The maximum atomic E-state index is 11.7. The minimum atomic E-state index is -0.271. The zero-order valence-corrected chi connectivity index (χ0v) is 10.4. The van der Waals surface area contributed by atoms with Crippen molar-refractivity contribution in [3.63, 3.8) is 0 Å². The number of nitrogens with one attached hydrogen (secondary N) is 1. The summed E-state index contributed by atoms with van der Waals surface area (Å²) in [4.78, 5) is 13.7. The molecule has 16 heavy (non-hydrogen) atoms. The van der Waals surface area contributed by atoms with Crippen molar-refractivity contribution in [2.75, 3.05) is 24.5 Å². The number of carbonyl (C=O) groups excluding carboxylic acids is 1. The Labute approximate surface area is 103 Å². The van der Waals surface area contributed by atoms with Crippen molar-refractivity contribution in [2.24, 2.45) is 5.73 Å². The molecule has 1 aliphatic heterocycles. The molecular formula is C11H14BrN3O. The smallest absolute Gasteiger partial charge is 0.244 e. The molecule has 0 spiro atoms. The molecule has 0 aromatic heterocycles. The van der Waals surface area contributed by atoms with Crippen molar-refractivity contribution >= 4 is 27.5 Å². The number of rotatable bonds is 2. The van der Waals surface area contributed by atoms with Crippen molar-refractivity contribution in [3.05, 3.63) is 28.7 Å². The van der Waals surface area contributed by atoms with Gasteiger partial charge < -0.3 is 16.0 Å². The van der Waals surface area contributed by atoms with Gasteiger partial charge in [0, 0.05) is 24.1 Å². The summed E-state index contributed by atoms with van der Waals surface area (Å²) in [5.74, 6) is 0.00417. The molecule has 5 heteroatoms. The predicted molar refractivity (Wildman–Crippen MR) is 67.3 cm³/mol. The molecular weight excluding hydrogens is 270 g/mol. The molecule has 0 bridgehead atoms. The molecule has 1 heterocycles. The van der Waals surface area contributed by atoms with E-state index >= 15 is 0 Å². The summed E-state index contributed by atoms with van der Waals surface area (Å²) in [6.45, 7) is 1.78. The van der Waals surface area contributed by atoms with Gasteiger partial charge in [0.25, 0.3) is 0 Å². The van der Waals surface area contributed by atoms with Gasteiger partial charge in [-0.3, -0.25) is 4.79 Å². The zero-order chi connectivity index (χ0) is 11.5. The zero-order valence-electron chi connectivity index (χ0n) is 8.82. The molecule has 4 nitrogen and oxygen atoms in total.